The number of alkyl carbamates (subject to hydrolysis) is 1. The second-order valence-corrected chi connectivity index (χ2v) is 8.48. The summed E-state index contributed by atoms with van der Waals surface area (Å²) in [5.41, 5.74) is -0.137. The van der Waals surface area contributed by atoms with Gasteiger partial charge in [-0.05, 0) is 53.9 Å². The SMILES string of the molecule is CCOC1CC(NCC(C)NC(=O)OC(C)(C)C)C12CCCCC2. The van der Waals surface area contributed by atoms with E-state index in [1.807, 2.05) is 27.7 Å². The lowest BCUT2D eigenvalue weighted by Crippen LogP contribution is -2.65. The highest BCUT2D eigenvalue weighted by atomic mass is 16.6. The van der Waals surface area contributed by atoms with E-state index in [0.717, 1.165) is 19.6 Å². The molecule has 0 saturated heterocycles. The van der Waals surface area contributed by atoms with Crippen LogP contribution in [0.5, 0.6) is 0 Å². The standard InChI is InChI=1S/C19H36N2O3/c1-6-23-16-12-15(19(16)10-8-7-9-11-19)20-13-14(2)21-17(22)24-18(3,4)5/h14-16,20H,6-13H2,1-5H3,(H,21,22). The Labute approximate surface area is 147 Å². The largest absolute Gasteiger partial charge is 0.444 e. The maximum Gasteiger partial charge on any atom is 0.407 e. The first-order valence-electron chi connectivity index (χ1n) is 9.61. The fraction of sp³-hybridized carbons (Fsp3) is 0.947. The summed E-state index contributed by atoms with van der Waals surface area (Å²) in [5.74, 6) is 0. The van der Waals surface area contributed by atoms with Gasteiger partial charge >= 0.3 is 6.09 Å². The average Bonchev–Trinajstić information content (AvgIpc) is 2.49. The van der Waals surface area contributed by atoms with E-state index in [-0.39, 0.29) is 12.1 Å². The molecule has 0 aromatic rings. The van der Waals surface area contributed by atoms with Crippen LogP contribution in [0.2, 0.25) is 0 Å². The van der Waals surface area contributed by atoms with Crippen molar-refractivity contribution in [2.24, 2.45) is 5.41 Å². The molecule has 5 nitrogen and oxygen atoms in total. The molecule has 2 N–H and O–H groups in total. The van der Waals surface area contributed by atoms with Crippen molar-refractivity contribution in [3.05, 3.63) is 0 Å². The number of hydrogen-bond acceptors (Lipinski definition) is 4. The van der Waals surface area contributed by atoms with Crippen molar-refractivity contribution in [3.63, 3.8) is 0 Å². The van der Waals surface area contributed by atoms with Crippen LogP contribution in [0.1, 0.15) is 73.1 Å². The van der Waals surface area contributed by atoms with E-state index in [9.17, 15) is 4.79 Å². The van der Waals surface area contributed by atoms with Gasteiger partial charge in [-0.15, -0.1) is 0 Å². The maximum absolute atomic E-state index is 11.8. The Balaban J connectivity index is 1.79. The molecule has 2 aliphatic rings. The van der Waals surface area contributed by atoms with Gasteiger partial charge in [-0.3, -0.25) is 0 Å². The zero-order chi connectivity index (χ0) is 17.8. The minimum absolute atomic E-state index is 0.0478. The highest BCUT2D eigenvalue weighted by molar-refractivity contribution is 5.68. The summed E-state index contributed by atoms with van der Waals surface area (Å²) in [4.78, 5) is 11.8. The Kier molecular flexibility index (Phi) is 6.54. The van der Waals surface area contributed by atoms with Gasteiger partial charge in [0.05, 0.1) is 6.10 Å². The van der Waals surface area contributed by atoms with Crippen molar-refractivity contribution >= 4 is 6.09 Å². The van der Waals surface area contributed by atoms with Crippen LogP contribution in [0.15, 0.2) is 0 Å². The lowest BCUT2D eigenvalue weighted by Gasteiger charge is -2.58. The van der Waals surface area contributed by atoms with Gasteiger partial charge in [0.15, 0.2) is 0 Å². The first kappa shape index (κ1) is 19.5. The summed E-state index contributed by atoms with van der Waals surface area (Å²) in [6.45, 7) is 11.3. The molecule has 0 heterocycles. The lowest BCUT2D eigenvalue weighted by molar-refractivity contribution is -0.150. The molecule has 3 unspecified atom stereocenters. The molecule has 0 aliphatic heterocycles. The molecule has 2 aliphatic carbocycles. The topological polar surface area (TPSA) is 59.6 Å². The Morgan fingerprint density at radius 1 is 1.25 bits per heavy atom. The smallest absolute Gasteiger partial charge is 0.407 e. The van der Waals surface area contributed by atoms with E-state index in [0.29, 0.717) is 17.6 Å². The highest BCUT2D eigenvalue weighted by Crippen LogP contribution is 2.53. The van der Waals surface area contributed by atoms with E-state index in [4.69, 9.17) is 9.47 Å². The quantitative estimate of drug-likeness (QED) is 0.775. The first-order chi connectivity index (χ1) is 11.3. The Hall–Kier alpha value is -0.810. The van der Waals surface area contributed by atoms with Gasteiger partial charge in [0.1, 0.15) is 5.60 Å². The number of rotatable bonds is 6. The molecule has 140 valence electrons. The predicted molar refractivity (Wildman–Crippen MR) is 96.2 cm³/mol. The third-order valence-electron chi connectivity index (χ3n) is 5.37. The van der Waals surface area contributed by atoms with Crippen molar-refractivity contribution < 1.29 is 14.3 Å². The number of amides is 1. The van der Waals surface area contributed by atoms with Crippen LogP contribution >= 0.6 is 0 Å². The van der Waals surface area contributed by atoms with Crippen molar-refractivity contribution in [1.29, 1.82) is 0 Å². The lowest BCUT2D eigenvalue weighted by atomic mass is 9.55. The van der Waals surface area contributed by atoms with Crippen LogP contribution < -0.4 is 10.6 Å². The third-order valence-corrected chi connectivity index (χ3v) is 5.37. The maximum atomic E-state index is 11.8. The van der Waals surface area contributed by atoms with Crippen LogP contribution in [0, 0.1) is 5.41 Å². The van der Waals surface area contributed by atoms with E-state index in [1.54, 1.807) is 0 Å². The van der Waals surface area contributed by atoms with Crippen molar-refractivity contribution in [3.8, 4) is 0 Å². The molecule has 0 aromatic carbocycles. The Morgan fingerprint density at radius 2 is 1.92 bits per heavy atom. The number of nitrogens with one attached hydrogen (secondary N) is 2. The van der Waals surface area contributed by atoms with E-state index >= 15 is 0 Å². The van der Waals surface area contributed by atoms with Gasteiger partial charge in [0.25, 0.3) is 0 Å². The normalized spacial score (nSPS) is 27.4. The molecule has 0 radical (unpaired) electrons. The molecule has 0 aromatic heterocycles. The van der Waals surface area contributed by atoms with Gasteiger partial charge < -0.3 is 20.1 Å². The summed E-state index contributed by atoms with van der Waals surface area (Å²) in [6, 6.07) is 0.559. The van der Waals surface area contributed by atoms with Crippen LogP contribution in [0.25, 0.3) is 0 Å². The summed E-state index contributed by atoms with van der Waals surface area (Å²) < 4.78 is 11.3. The molecular formula is C19H36N2O3. The molecular weight excluding hydrogens is 304 g/mol. The van der Waals surface area contributed by atoms with Crippen molar-refractivity contribution in [1.82, 2.24) is 10.6 Å². The summed E-state index contributed by atoms with van der Waals surface area (Å²) in [5, 5.41) is 6.60. The van der Waals surface area contributed by atoms with Crippen LogP contribution in [0.3, 0.4) is 0 Å². The Bertz CT molecular complexity index is 413. The number of carbonyl (C=O) groups excluding carboxylic acids is 1. The van der Waals surface area contributed by atoms with E-state index in [1.165, 1.54) is 32.1 Å². The fourth-order valence-corrected chi connectivity index (χ4v) is 4.23. The highest BCUT2D eigenvalue weighted by Gasteiger charge is 2.55. The van der Waals surface area contributed by atoms with Crippen molar-refractivity contribution in [2.75, 3.05) is 13.2 Å². The second kappa shape index (κ2) is 8.05. The molecule has 0 bridgehead atoms. The summed E-state index contributed by atoms with van der Waals surface area (Å²) in [6.07, 6.45) is 7.67. The van der Waals surface area contributed by atoms with E-state index in [2.05, 4.69) is 17.6 Å². The average molecular weight is 341 g/mol. The monoisotopic (exact) mass is 340 g/mol. The van der Waals surface area contributed by atoms with Crippen molar-refractivity contribution in [2.45, 2.75) is 96.9 Å². The molecule has 2 fully saturated rings. The summed E-state index contributed by atoms with van der Waals surface area (Å²) >= 11 is 0. The van der Waals surface area contributed by atoms with Crippen LogP contribution in [-0.2, 0) is 9.47 Å². The number of ether oxygens (including phenoxy) is 2. The molecule has 2 rings (SSSR count). The number of hydrogen-bond donors (Lipinski definition) is 2. The summed E-state index contributed by atoms with van der Waals surface area (Å²) in [7, 11) is 0. The van der Waals surface area contributed by atoms with Crippen LogP contribution in [0.4, 0.5) is 4.79 Å². The number of carbonyl (C=O) groups is 1. The Morgan fingerprint density at radius 3 is 2.50 bits per heavy atom. The van der Waals surface area contributed by atoms with Gasteiger partial charge in [0, 0.05) is 30.7 Å². The molecule has 3 atom stereocenters. The zero-order valence-corrected chi connectivity index (χ0v) is 16.1. The molecule has 24 heavy (non-hydrogen) atoms. The molecule has 1 amide bonds. The van der Waals surface area contributed by atoms with E-state index < -0.39 is 5.60 Å². The fourth-order valence-electron chi connectivity index (χ4n) is 4.23. The third kappa shape index (κ3) is 4.85. The molecule has 1 spiro atoms. The predicted octanol–water partition coefficient (Wildman–Crippen LogP) is 3.62. The minimum atomic E-state index is -0.456. The molecule has 2 saturated carbocycles. The van der Waals surface area contributed by atoms with Crippen LogP contribution in [-0.4, -0.2) is 43.0 Å². The van der Waals surface area contributed by atoms with Gasteiger partial charge in [-0.1, -0.05) is 19.3 Å². The van der Waals surface area contributed by atoms with Gasteiger partial charge in [0.2, 0.25) is 0 Å². The first-order valence-corrected chi connectivity index (χ1v) is 9.61. The molecule has 5 heteroatoms. The second-order valence-electron chi connectivity index (χ2n) is 8.48. The van der Waals surface area contributed by atoms with Gasteiger partial charge in [-0.2, -0.15) is 0 Å². The zero-order valence-electron chi connectivity index (χ0n) is 16.1. The van der Waals surface area contributed by atoms with Gasteiger partial charge in [-0.25, -0.2) is 4.79 Å². The minimum Gasteiger partial charge on any atom is -0.444 e.